The predicted molar refractivity (Wildman–Crippen MR) is 79.5 cm³/mol. The first-order valence-corrected chi connectivity index (χ1v) is 9.00. The van der Waals surface area contributed by atoms with Crippen molar-refractivity contribution in [2.45, 2.75) is 23.6 Å². The minimum absolute atomic E-state index is 0.207. The number of nitrogens with one attached hydrogen (secondary N) is 1. The number of hydrogen-bond donors (Lipinski definition) is 1. The van der Waals surface area contributed by atoms with E-state index in [1.54, 1.807) is 6.07 Å². The van der Waals surface area contributed by atoms with E-state index in [1.165, 1.54) is 22.8 Å². The number of sulfonamides is 1. The maximum absolute atomic E-state index is 12.5. The van der Waals surface area contributed by atoms with Gasteiger partial charge in [-0.25, -0.2) is 13.2 Å². The van der Waals surface area contributed by atoms with Crippen LogP contribution in [0.2, 0.25) is 0 Å². The molecule has 0 saturated carbocycles. The summed E-state index contributed by atoms with van der Waals surface area (Å²) in [6.45, 7) is 2.52. The van der Waals surface area contributed by atoms with Crippen LogP contribution in [0, 0.1) is 6.92 Å². The quantitative estimate of drug-likeness (QED) is 0.866. The third-order valence-corrected chi connectivity index (χ3v) is 7.54. The van der Waals surface area contributed by atoms with Gasteiger partial charge in [0, 0.05) is 19.1 Å². The van der Waals surface area contributed by atoms with Gasteiger partial charge in [0.1, 0.15) is 4.21 Å². The van der Waals surface area contributed by atoms with E-state index < -0.39 is 16.1 Å². The molecule has 0 aliphatic carbocycles. The van der Waals surface area contributed by atoms with E-state index in [9.17, 15) is 13.2 Å². The predicted octanol–water partition coefficient (Wildman–Crippen LogP) is 1.94. The first-order valence-electron chi connectivity index (χ1n) is 5.95. The summed E-state index contributed by atoms with van der Waals surface area (Å²) in [5.41, 5.74) is 0.900. The van der Waals surface area contributed by atoms with E-state index in [1.807, 2.05) is 6.92 Å². The molecule has 9 heteroatoms. The fourth-order valence-corrected chi connectivity index (χ4v) is 5.86. The maximum atomic E-state index is 12.5. The molecule has 1 aromatic heterocycles. The number of alkyl carbamates (subject to hydrolysis) is 1. The van der Waals surface area contributed by atoms with Crippen molar-refractivity contribution in [1.29, 1.82) is 0 Å². The van der Waals surface area contributed by atoms with Gasteiger partial charge in [-0.05, 0) is 40.9 Å². The number of thiophene rings is 1. The van der Waals surface area contributed by atoms with Crippen molar-refractivity contribution >= 4 is 43.4 Å². The molecule has 0 radical (unpaired) electrons. The van der Waals surface area contributed by atoms with Gasteiger partial charge in [0.05, 0.1) is 10.9 Å². The van der Waals surface area contributed by atoms with Crippen LogP contribution in [0.4, 0.5) is 4.79 Å². The van der Waals surface area contributed by atoms with Gasteiger partial charge in [0.15, 0.2) is 0 Å². The Kier molecular flexibility index (Phi) is 4.73. The Morgan fingerprint density at radius 1 is 1.60 bits per heavy atom. The second-order valence-electron chi connectivity index (χ2n) is 4.51. The summed E-state index contributed by atoms with van der Waals surface area (Å²) in [5.74, 6) is 0. The summed E-state index contributed by atoms with van der Waals surface area (Å²) in [4.78, 5) is 11.1. The van der Waals surface area contributed by atoms with E-state index >= 15 is 0 Å². The summed E-state index contributed by atoms with van der Waals surface area (Å²) in [6, 6.07) is 1.45. The van der Waals surface area contributed by atoms with Gasteiger partial charge in [-0.3, -0.25) is 0 Å². The second kappa shape index (κ2) is 6.00. The number of amides is 1. The molecule has 1 aliphatic heterocycles. The zero-order chi connectivity index (χ0) is 14.9. The van der Waals surface area contributed by atoms with Gasteiger partial charge >= 0.3 is 6.09 Å². The summed E-state index contributed by atoms with van der Waals surface area (Å²) in [7, 11) is -2.20. The van der Waals surface area contributed by atoms with Crippen LogP contribution in [0.3, 0.4) is 0 Å². The summed E-state index contributed by atoms with van der Waals surface area (Å²) in [5, 5.41) is 2.63. The molecule has 0 spiro atoms. The molecule has 20 heavy (non-hydrogen) atoms. The van der Waals surface area contributed by atoms with Gasteiger partial charge in [-0.2, -0.15) is 4.31 Å². The molecule has 2 rings (SSSR count). The number of aryl methyl sites for hydroxylation is 1. The first kappa shape index (κ1) is 15.7. The van der Waals surface area contributed by atoms with Crippen LogP contribution in [0.25, 0.3) is 0 Å². The molecule has 1 amide bonds. The number of halogens is 1. The molecule has 112 valence electrons. The monoisotopic (exact) mass is 382 g/mol. The highest BCUT2D eigenvalue weighted by Crippen LogP contribution is 2.33. The zero-order valence-electron chi connectivity index (χ0n) is 11.1. The average Bonchev–Trinajstić information content (AvgIpc) is 2.98. The third kappa shape index (κ3) is 3.16. The summed E-state index contributed by atoms with van der Waals surface area (Å²) in [6.07, 6.45) is 0.0452. The molecule has 1 fully saturated rings. The minimum Gasteiger partial charge on any atom is -0.453 e. The molecule has 1 saturated heterocycles. The zero-order valence-corrected chi connectivity index (χ0v) is 14.3. The Morgan fingerprint density at radius 2 is 2.30 bits per heavy atom. The van der Waals surface area contributed by atoms with Gasteiger partial charge in [0.2, 0.25) is 0 Å². The van der Waals surface area contributed by atoms with E-state index in [4.69, 9.17) is 0 Å². The Bertz CT molecular complexity index is 594. The lowest BCUT2D eigenvalue weighted by molar-refractivity contribution is 0.167. The van der Waals surface area contributed by atoms with E-state index in [0.29, 0.717) is 17.2 Å². The minimum atomic E-state index is -3.49. The van der Waals surface area contributed by atoms with Crippen LogP contribution < -0.4 is 5.32 Å². The Hall–Kier alpha value is -0.640. The molecule has 1 aromatic rings. The molecular formula is C11H15BrN2O4S2. The Morgan fingerprint density at radius 3 is 2.85 bits per heavy atom. The molecule has 2 heterocycles. The fourth-order valence-electron chi connectivity index (χ4n) is 1.98. The molecule has 1 N–H and O–H groups in total. The molecule has 0 aromatic carbocycles. The molecular weight excluding hydrogens is 368 g/mol. The van der Waals surface area contributed by atoms with Crippen LogP contribution in [0.1, 0.15) is 12.0 Å². The van der Waals surface area contributed by atoms with Crippen LogP contribution >= 0.6 is 27.3 Å². The summed E-state index contributed by atoms with van der Waals surface area (Å²) >= 11 is 4.54. The molecule has 1 unspecified atom stereocenters. The first-order chi connectivity index (χ1) is 9.34. The molecule has 0 bridgehead atoms. The van der Waals surface area contributed by atoms with E-state index in [2.05, 4.69) is 26.0 Å². The highest BCUT2D eigenvalue weighted by atomic mass is 79.9. The third-order valence-electron chi connectivity index (χ3n) is 3.09. The number of nitrogens with zero attached hydrogens (tertiary/aromatic N) is 1. The molecule has 1 aliphatic rings. The van der Waals surface area contributed by atoms with Gasteiger partial charge in [-0.1, -0.05) is 0 Å². The highest BCUT2D eigenvalue weighted by molar-refractivity contribution is 9.11. The average molecular weight is 383 g/mol. The smallest absolute Gasteiger partial charge is 0.407 e. The van der Waals surface area contributed by atoms with Crippen molar-refractivity contribution in [2.75, 3.05) is 20.2 Å². The fraction of sp³-hybridized carbons (Fsp3) is 0.545. The Labute approximate surface area is 130 Å². The van der Waals surface area contributed by atoms with Crippen molar-refractivity contribution < 1.29 is 17.9 Å². The van der Waals surface area contributed by atoms with Crippen LogP contribution in [0.5, 0.6) is 0 Å². The number of hydrogen-bond acceptors (Lipinski definition) is 5. The molecule has 6 nitrogen and oxygen atoms in total. The van der Waals surface area contributed by atoms with Crippen LogP contribution in [0.15, 0.2) is 14.1 Å². The number of carbonyl (C=O) groups excluding carboxylic acids is 1. The van der Waals surface area contributed by atoms with Crippen LogP contribution in [-0.2, 0) is 14.8 Å². The molecule has 1 atom stereocenters. The largest absolute Gasteiger partial charge is 0.453 e. The van der Waals surface area contributed by atoms with Gasteiger partial charge in [0.25, 0.3) is 10.0 Å². The number of methoxy groups -OCH3 is 1. The van der Waals surface area contributed by atoms with Crippen molar-refractivity contribution in [3.05, 3.63) is 15.4 Å². The number of rotatable bonds is 3. The lowest BCUT2D eigenvalue weighted by atomic mass is 10.3. The Balaban J connectivity index is 2.10. The highest BCUT2D eigenvalue weighted by Gasteiger charge is 2.34. The summed E-state index contributed by atoms with van der Waals surface area (Å²) < 4.78 is 32.0. The maximum Gasteiger partial charge on any atom is 0.407 e. The van der Waals surface area contributed by atoms with E-state index in [-0.39, 0.29) is 12.6 Å². The van der Waals surface area contributed by atoms with E-state index in [0.717, 1.165) is 9.35 Å². The normalized spacial score (nSPS) is 20.1. The number of ether oxygens (including phenoxy) is 1. The van der Waals surface area contributed by atoms with Crippen LogP contribution in [-0.4, -0.2) is 45.1 Å². The number of carbonyl (C=O) groups is 1. The van der Waals surface area contributed by atoms with Crippen molar-refractivity contribution in [1.82, 2.24) is 9.62 Å². The topological polar surface area (TPSA) is 75.7 Å². The van der Waals surface area contributed by atoms with Crippen molar-refractivity contribution in [2.24, 2.45) is 0 Å². The van der Waals surface area contributed by atoms with Crippen molar-refractivity contribution in [3.8, 4) is 0 Å². The standard InChI is InChI=1S/C11H15BrN2O4S2/c1-7-5-9(19-10(7)12)20(16,17)14-4-3-8(6-14)13-11(15)18-2/h5,8H,3-4,6H2,1-2H3,(H,13,15). The SMILES string of the molecule is COC(=O)NC1CCN(S(=O)(=O)c2cc(C)c(Br)s2)C1. The second-order valence-corrected chi connectivity index (χ2v) is 9.04. The van der Waals surface area contributed by atoms with Gasteiger partial charge < -0.3 is 10.1 Å². The van der Waals surface area contributed by atoms with Crippen molar-refractivity contribution in [3.63, 3.8) is 0 Å². The lowest BCUT2D eigenvalue weighted by Gasteiger charge is -2.15. The lowest BCUT2D eigenvalue weighted by Crippen LogP contribution is -2.38. The van der Waals surface area contributed by atoms with Gasteiger partial charge in [-0.15, -0.1) is 11.3 Å².